The van der Waals surface area contributed by atoms with Crippen molar-refractivity contribution in [2.75, 3.05) is 10.6 Å². The fourth-order valence-corrected chi connectivity index (χ4v) is 2.61. The van der Waals surface area contributed by atoms with Crippen LogP contribution in [0.4, 0.5) is 29.0 Å². The van der Waals surface area contributed by atoms with E-state index in [4.69, 9.17) is 0 Å². The molecule has 1 aliphatic carbocycles. The Morgan fingerprint density at radius 2 is 2.08 bits per heavy atom. The second-order valence-electron chi connectivity index (χ2n) is 6.23. The summed E-state index contributed by atoms with van der Waals surface area (Å²) in [5.74, 6) is 1.43. The number of hydrogen-bond donors (Lipinski definition) is 3. The third kappa shape index (κ3) is 3.32. The van der Waals surface area contributed by atoms with Gasteiger partial charge in [-0.25, -0.2) is 4.98 Å². The molecule has 3 N–H and O–H groups in total. The molecule has 0 aliphatic heterocycles. The fraction of sp³-hybridized carbons (Fsp3) is 0.235. The maximum absolute atomic E-state index is 11.3. The molecule has 9 heteroatoms. The number of anilines is 4. The molecule has 0 amide bonds. The molecule has 1 aromatic carbocycles. The van der Waals surface area contributed by atoms with E-state index in [0.717, 1.165) is 29.8 Å². The van der Waals surface area contributed by atoms with Crippen LogP contribution in [-0.2, 0) is 0 Å². The number of aryl methyl sites for hydroxylation is 1. The Bertz CT molecular complexity index is 965. The van der Waals surface area contributed by atoms with Crippen molar-refractivity contribution in [3.05, 3.63) is 57.9 Å². The first-order chi connectivity index (χ1) is 12.6. The summed E-state index contributed by atoms with van der Waals surface area (Å²) in [6.45, 7) is 1.96. The molecule has 132 valence electrons. The second kappa shape index (κ2) is 6.43. The molecule has 0 atom stereocenters. The lowest BCUT2D eigenvalue weighted by atomic mass is 10.2. The predicted octanol–water partition coefficient (Wildman–Crippen LogP) is 3.78. The minimum absolute atomic E-state index is 0.104. The van der Waals surface area contributed by atoms with Crippen LogP contribution in [-0.4, -0.2) is 25.1 Å². The number of aromatic nitrogens is 4. The number of nitrogens with zero attached hydrogens (tertiary/aromatic N) is 4. The molecule has 1 aliphatic rings. The Balaban J connectivity index is 1.62. The Labute approximate surface area is 149 Å². The molecule has 1 saturated carbocycles. The Hall–Kier alpha value is -3.49. The van der Waals surface area contributed by atoms with Crippen LogP contribution in [0.25, 0.3) is 0 Å². The molecule has 0 unspecified atom stereocenters. The minimum atomic E-state index is -0.516. The molecule has 3 aromatic rings. The van der Waals surface area contributed by atoms with Gasteiger partial charge in [0.25, 0.3) is 0 Å². The number of nitro groups is 1. The lowest BCUT2D eigenvalue weighted by Crippen LogP contribution is -2.05. The maximum Gasteiger partial charge on any atom is 0.330 e. The maximum atomic E-state index is 11.3. The highest BCUT2D eigenvalue weighted by molar-refractivity contribution is 5.66. The van der Waals surface area contributed by atoms with E-state index in [1.165, 1.54) is 6.20 Å². The van der Waals surface area contributed by atoms with Crippen LogP contribution in [0.3, 0.4) is 0 Å². The summed E-state index contributed by atoms with van der Waals surface area (Å²) in [6.07, 6.45) is 3.44. The molecule has 26 heavy (non-hydrogen) atoms. The van der Waals surface area contributed by atoms with Gasteiger partial charge in [0.15, 0.2) is 0 Å². The highest BCUT2D eigenvalue weighted by atomic mass is 16.6. The van der Waals surface area contributed by atoms with Crippen molar-refractivity contribution in [2.24, 2.45) is 0 Å². The molecular formula is C17H17N7O2. The van der Waals surface area contributed by atoms with E-state index in [1.807, 2.05) is 37.3 Å². The summed E-state index contributed by atoms with van der Waals surface area (Å²) in [6, 6.07) is 9.53. The van der Waals surface area contributed by atoms with Crippen LogP contribution in [0.2, 0.25) is 0 Å². The van der Waals surface area contributed by atoms with E-state index in [0.29, 0.717) is 11.7 Å². The first kappa shape index (κ1) is 16.0. The van der Waals surface area contributed by atoms with Gasteiger partial charge in [0, 0.05) is 17.7 Å². The van der Waals surface area contributed by atoms with Crippen LogP contribution < -0.4 is 10.6 Å². The predicted molar refractivity (Wildman–Crippen MR) is 97.0 cm³/mol. The van der Waals surface area contributed by atoms with Crippen LogP contribution in [0.1, 0.15) is 30.0 Å². The highest BCUT2D eigenvalue weighted by Gasteiger charge is 2.26. The Morgan fingerprint density at radius 3 is 2.81 bits per heavy atom. The molecule has 4 rings (SSSR count). The third-order valence-corrected chi connectivity index (χ3v) is 4.20. The average molecular weight is 351 g/mol. The van der Waals surface area contributed by atoms with Gasteiger partial charge in [-0.2, -0.15) is 10.1 Å². The molecule has 0 spiro atoms. The number of hydrogen-bond acceptors (Lipinski definition) is 7. The smallest absolute Gasteiger partial charge is 0.324 e. The van der Waals surface area contributed by atoms with Crippen molar-refractivity contribution in [1.29, 1.82) is 0 Å². The van der Waals surface area contributed by atoms with Crippen molar-refractivity contribution in [3.63, 3.8) is 0 Å². The van der Waals surface area contributed by atoms with Gasteiger partial charge in [0.05, 0.1) is 10.6 Å². The van der Waals surface area contributed by atoms with Gasteiger partial charge in [0.2, 0.25) is 11.8 Å². The number of aromatic amines is 1. The summed E-state index contributed by atoms with van der Waals surface area (Å²) < 4.78 is 0. The molecule has 0 bridgehead atoms. The van der Waals surface area contributed by atoms with E-state index in [-0.39, 0.29) is 17.5 Å². The van der Waals surface area contributed by atoms with Crippen molar-refractivity contribution in [1.82, 2.24) is 20.2 Å². The third-order valence-electron chi connectivity index (χ3n) is 4.20. The van der Waals surface area contributed by atoms with Gasteiger partial charge in [-0.15, -0.1) is 0 Å². The van der Waals surface area contributed by atoms with Gasteiger partial charge < -0.3 is 10.6 Å². The Kier molecular flexibility index (Phi) is 3.96. The molecular weight excluding hydrogens is 334 g/mol. The van der Waals surface area contributed by atoms with Crippen molar-refractivity contribution in [3.8, 4) is 0 Å². The molecule has 1 fully saturated rings. The van der Waals surface area contributed by atoms with Gasteiger partial charge in [-0.05, 0) is 31.4 Å². The van der Waals surface area contributed by atoms with Crippen LogP contribution in [0, 0.1) is 17.0 Å². The van der Waals surface area contributed by atoms with E-state index in [1.54, 1.807) is 0 Å². The summed E-state index contributed by atoms with van der Waals surface area (Å²) >= 11 is 0. The van der Waals surface area contributed by atoms with Crippen molar-refractivity contribution in [2.45, 2.75) is 25.7 Å². The second-order valence-corrected chi connectivity index (χ2v) is 6.23. The molecule has 0 radical (unpaired) electrons. The topological polar surface area (TPSA) is 122 Å². The quantitative estimate of drug-likeness (QED) is 0.456. The largest absolute Gasteiger partial charge is 0.330 e. The summed E-state index contributed by atoms with van der Waals surface area (Å²) in [7, 11) is 0. The fourth-order valence-electron chi connectivity index (χ4n) is 2.61. The lowest BCUT2D eigenvalue weighted by Gasteiger charge is -2.09. The average Bonchev–Trinajstić information content (AvgIpc) is 3.37. The zero-order chi connectivity index (χ0) is 18.1. The van der Waals surface area contributed by atoms with Crippen LogP contribution in [0.5, 0.6) is 0 Å². The van der Waals surface area contributed by atoms with Gasteiger partial charge in [-0.3, -0.25) is 15.2 Å². The van der Waals surface area contributed by atoms with Crippen LogP contribution in [0.15, 0.2) is 36.5 Å². The standard InChI is InChI=1S/C17H17N7O2/c1-10-4-2-3-5-12(10)19-17-18-9-14(24(25)26)16(21-17)20-15-8-13(22-23-15)11-6-7-11/h2-5,8-9,11H,6-7H2,1H3,(H3,18,19,20,21,22,23). The monoisotopic (exact) mass is 351 g/mol. The summed E-state index contributed by atoms with van der Waals surface area (Å²) in [5, 5.41) is 24.4. The normalized spacial score (nSPS) is 13.4. The van der Waals surface area contributed by atoms with Gasteiger partial charge in [0.1, 0.15) is 12.0 Å². The van der Waals surface area contributed by atoms with E-state index in [9.17, 15) is 10.1 Å². The first-order valence-electron chi connectivity index (χ1n) is 8.26. The summed E-state index contributed by atoms with van der Waals surface area (Å²) in [5.41, 5.74) is 2.61. The van der Waals surface area contributed by atoms with Gasteiger partial charge in [-0.1, -0.05) is 18.2 Å². The SMILES string of the molecule is Cc1ccccc1Nc1ncc([N+](=O)[O-])c(Nc2cc(C3CC3)n[nH]2)n1. The molecule has 2 aromatic heterocycles. The van der Waals surface area contributed by atoms with Crippen LogP contribution >= 0.6 is 0 Å². The van der Waals surface area contributed by atoms with Crippen molar-refractivity contribution < 1.29 is 4.92 Å². The molecule has 2 heterocycles. The number of rotatable bonds is 6. The molecule has 0 saturated heterocycles. The minimum Gasteiger partial charge on any atom is -0.324 e. The lowest BCUT2D eigenvalue weighted by molar-refractivity contribution is -0.384. The highest BCUT2D eigenvalue weighted by Crippen LogP contribution is 2.40. The number of benzene rings is 1. The number of nitrogens with one attached hydrogen (secondary N) is 3. The number of para-hydroxylation sites is 1. The van der Waals surface area contributed by atoms with E-state index >= 15 is 0 Å². The van der Waals surface area contributed by atoms with E-state index < -0.39 is 4.92 Å². The first-order valence-corrected chi connectivity index (χ1v) is 8.26. The zero-order valence-electron chi connectivity index (χ0n) is 14.1. The van der Waals surface area contributed by atoms with E-state index in [2.05, 4.69) is 30.8 Å². The molecule has 9 nitrogen and oxygen atoms in total. The van der Waals surface area contributed by atoms with Crippen molar-refractivity contribution >= 4 is 29.0 Å². The van der Waals surface area contributed by atoms with Gasteiger partial charge >= 0.3 is 5.69 Å². The Morgan fingerprint density at radius 1 is 1.27 bits per heavy atom. The number of H-pyrrole nitrogens is 1. The summed E-state index contributed by atoms with van der Waals surface area (Å²) in [4.78, 5) is 19.1. The zero-order valence-corrected chi connectivity index (χ0v) is 14.1.